The molecule has 0 unspecified atom stereocenters. The van der Waals surface area contributed by atoms with Crippen molar-refractivity contribution in [2.45, 2.75) is 19.9 Å². The first kappa shape index (κ1) is 16.1. The van der Waals surface area contributed by atoms with E-state index in [2.05, 4.69) is 15.4 Å². The summed E-state index contributed by atoms with van der Waals surface area (Å²) in [6.07, 6.45) is 1.60. The molecule has 6 heteroatoms. The monoisotopic (exact) mass is 346 g/mol. The summed E-state index contributed by atoms with van der Waals surface area (Å²) in [6.45, 7) is 3.84. The number of fused-ring (bicyclic) bond motifs is 1. The third-order valence-corrected chi connectivity index (χ3v) is 4.26. The quantitative estimate of drug-likeness (QED) is 0.610. The fourth-order valence-corrected chi connectivity index (χ4v) is 2.88. The molecule has 0 spiro atoms. The molecule has 0 saturated heterocycles. The van der Waals surface area contributed by atoms with E-state index in [1.54, 1.807) is 16.8 Å². The van der Waals surface area contributed by atoms with E-state index in [1.165, 1.54) is 0 Å². The molecule has 0 radical (unpaired) electrons. The normalized spacial score (nSPS) is 12.2. The molecule has 3 aromatic heterocycles. The Labute approximate surface area is 150 Å². The highest BCUT2D eigenvalue weighted by atomic mass is 16.3. The van der Waals surface area contributed by atoms with Gasteiger partial charge in [-0.25, -0.2) is 9.50 Å². The standard InChI is InChI=1S/C20H18N4O2/c1-13-11-17(20(25)21-14(2)15-7-4-3-5-8-15)22-19-12-16(23-24(13)19)18-9-6-10-26-18/h3-12,14H,1-2H3,(H,21,25)/t14-/m0/s1. The molecule has 3 heterocycles. The van der Waals surface area contributed by atoms with Crippen molar-refractivity contribution < 1.29 is 9.21 Å². The van der Waals surface area contributed by atoms with Crippen LogP contribution in [0.25, 0.3) is 17.1 Å². The van der Waals surface area contributed by atoms with E-state index in [1.807, 2.05) is 62.4 Å². The van der Waals surface area contributed by atoms with Crippen LogP contribution in [-0.4, -0.2) is 20.5 Å². The highest BCUT2D eigenvalue weighted by Gasteiger charge is 2.16. The second-order valence-electron chi connectivity index (χ2n) is 6.17. The van der Waals surface area contributed by atoms with Crippen molar-refractivity contribution in [3.8, 4) is 11.5 Å². The maximum absolute atomic E-state index is 12.6. The molecule has 1 aromatic carbocycles. The van der Waals surface area contributed by atoms with Gasteiger partial charge in [0.2, 0.25) is 0 Å². The van der Waals surface area contributed by atoms with E-state index < -0.39 is 0 Å². The van der Waals surface area contributed by atoms with Gasteiger partial charge in [-0.1, -0.05) is 30.3 Å². The largest absolute Gasteiger partial charge is 0.463 e. The molecular formula is C20H18N4O2. The van der Waals surface area contributed by atoms with Gasteiger partial charge in [-0.15, -0.1) is 0 Å². The summed E-state index contributed by atoms with van der Waals surface area (Å²) >= 11 is 0. The fraction of sp³-hybridized carbons (Fsp3) is 0.150. The molecule has 1 atom stereocenters. The van der Waals surface area contributed by atoms with E-state index in [0.717, 1.165) is 11.3 Å². The molecule has 1 amide bonds. The zero-order chi connectivity index (χ0) is 18.1. The predicted molar refractivity (Wildman–Crippen MR) is 97.7 cm³/mol. The van der Waals surface area contributed by atoms with Crippen molar-refractivity contribution >= 4 is 11.6 Å². The molecule has 1 N–H and O–H groups in total. The number of furan rings is 1. The first-order valence-electron chi connectivity index (χ1n) is 8.39. The Morgan fingerprint density at radius 3 is 2.69 bits per heavy atom. The second kappa shape index (κ2) is 6.48. The Kier molecular flexibility index (Phi) is 4.01. The number of amides is 1. The van der Waals surface area contributed by atoms with Gasteiger partial charge in [-0.2, -0.15) is 5.10 Å². The molecule has 4 rings (SSSR count). The first-order valence-corrected chi connectivity index (χ1v) is 8.39. The van der Waals surface area contributed by atoms with Crippen LogP contribution >= 0.6 is 0 Å². The number of rotatable bonds is 4. The minimum atomic E-state index is -0.215. The van der Waals surface area contributed by atoms with E-state index >= 15 is 0 Å². The van der Waals surface area contributed by atoms with Crippen LogP contribution in [0.5, 0.6) is 0 Å². The van der Waals surface area contributed by atoms with Crippen molar-refractivity contribution in [1.29, 1.82) is 0 Å². The van der Waals surface area contributed by atoms with Crippen LogP contribution in [-0.2, 0) is 0 Å². The number of aryl methyl sites for hydroxylation is 1. The van der Waals surface area contributed by atoms with Gasteiger partial charge >= 0.3 is 0 Å². The molecule has 0 aliphatic carbocycles. The molecule has 0 fully saturated rings. The zero-order valence-electron chi connectivity index (χ0n) is 14.5. The predicted octanol–water partition coefficient (Wildman–Crippen LogP) is 3.79. The lowest BCUT2D eigenvalue weighted by molar-refractivity contribution is 0.0935. The number of carbonyl (C=O) groups is 1. The van der Waals surface area contributed by atoms with Gasteiger partial charge in [-0.05, 0) is 37.6 Å². The Balaban J connectivity index is 1.63. The van der Waals surface area contributed by atoms with Crippen molar-refractivity contribution in [2.24, 2.45) is 0 Å². The molecule has 4 aromatic rings. The van der Waals surface area contributed by atoms with E-state index in [0.29, 0.717) is 22.8 Å². The van der Waals surface area contributed by atoms with Crippen molar-refractivity contribution in [3.05, 3.63) is 77.8 Å². The number of nitrogens with one attached hydrogen (secondary N) is 1. The smallest absolute Gasteiger partial charge is 0.270 e. The topological polar surface area (TPSA) is 72.4 Å². The maximum atomic E-state index is 12.6. The lowest BCUT2D eigenvalue weighted by Gasteiger charge is -2.14. The summed E-state index contributed by atoms with van der Waals surface area (Å²) in [7, 11) is 0. The van der Waals surface area contributed by atoms with Gasteiger partial charge < -0.3 is 9.73 Å². The van der Waals surface area contributed by atoms with Crippen LogP contribution in [0.4, 0.5) is 0 Å². The van der Waals surface area contributed by atoms with Crippen molar-refractivity contribution in [1.82, 2.24) is 19.9 Å². The molecule has 26 heavy (non-hydrogen) atoms. The number of benzene rings is 1. The average molecular weight is 346 g/mol. The number of nitrogens with zero attached hydrogens (tertiary/aromatic N) is 3. The minimum absolute atomic E-state index is 0.106. The zero-order valence-corrected chi connectivity index (χ0v) is 14.5. The minimum Gasteiger partial charge on any atom is -0.463 e. The van der Waals surface area contributed by atoms with Crippen LogP contribution in [0.1, 0.15) is 34.7 Å². The first-order chi connectivity index (χ1) is 12.6. The second-order valence-corrected chi connectivity index (χ2v) is 6.17. The molecule has 0 aliphatic heterocycles. The molecule has 6 nitrogen and oxygen atoms in total. The van der Waals surface area contributed by atoms with E-state index in [4.69, 9.17) is 4.42 Å². The Morgan fingerprint density at radius 2 is 1.96 bits per heavy atom. The van der Waals surface area contributed by atoms with E-state index in [-0.39, 0.29) is 11.9 Å². The van der Waals surface area contributed by atoms with Gasteiger partial charge in [-0.3, -0.25) is 4.79 Å². The molecule has 0 aliphatic rings. The highest BCUT2D eigenvalue weighted by Crippen LogP contribution is 2.20. The third kappa shape index (κ3) is 2.97. The summed E-state index contributed by atoms with van der Waals surface area (Å²) in [5, 5.41) is 7.48. The van der Waals surface area contributed by atoms with Gasteiger partial charge in [0.15, 0.2) is 11.4 Å². The lowest BCUT2D eigenvalue weighted by atomic mass is 10.1. The summed E-state index contributed by atoms with van der Waals surface area (Å²) in [5.74, 6) is 0.450. The van der Waals surface area contributed by atoms with Crippen LogP contribution in [0, 0.1) is 6.92 Å². The Hall–Kier alpha value is -3.41. The van der Waals surface area contributed by atoms with Gasteiger partial charge in [0.25, 0.3) is 5.91 Å². The van der Waals surface area contributed by atoms with Gasteiger partial charge in [0.05, 0.1) is 12.3 Å². The number of hydrogen-bond acceptors (Lipinski definition) is 4. The highest BCUT2D eigenvalue weighted by molar-refractivity contribution is 5.93. The summed E-state index contributed by atoms with van der Waals surface area (Å²) in [5.41, 5.74) is 3.52. The average Bonchev–Trinajstić information content (AvgIpc) is 3.31. The molecule has 0 bridgehead atoms. The van der Waals surface area contributed by atoms with Gasteiger partial charge in [0, 0.05) is 11.8 Å². The molecule has 130 valence electrons. The van der Waals surface area contributed by atoms with Crippen LogP contribution < -0.4 is 5.32 Å². The number of aromatic nitrogens is 3. The number of hydrogen-bond donors (Lipinski definition) is 1. The molecule has 0 saturated carbocycles. The fourth-order valence-electron chi connectivity index (χ4n) is 2.88. The maximum Gasteiger partial charge on any atom is 0.270 e. The SMILES string of the molecule is Cc1cc(C(=O)N[C@@H](C)c2ccccc2)nc2cc(-c3ccco3)nn12. The molecular weight excluding hydrogens is 328 g/mol. The van der Waals surface area contributed by atoms with Crippen LogP contribution in [0.2, 0.25) is 0 Å². The van der Waals surface area contributed by atoms with Gasteiger partial charge in [0.1, 0.15) is 11.4 Å². The van der Waals surface area contributed by atoms with Crippen LogP contribution in [0.15, 0.2) is 65.3 Å². The Morgan fingerprint density at radius 1 is 1.15 bits per heavy atom. The summed E-state index contributed by atoms with van der Waals surface area (Å²) < 4.78 is 7.09. The lowest BCUT2D eigenvalue weighted by Crippen LogP contribution is -2.27. The van der Waals surface area contributed by atoms with Crippen molar-refractivity contribution in [2.75, 3.05) is 0 Å². The van der Waals surface area contributed by atoms with E-state index in [9.17, 15) is 4.79 Å². The van der Waals surface area contributed by atoms with Crippen LogP contribution in [0.3, 0.4) is 0 Å². The third-order valence-electron chi connectivity index (χ3n) is 4.26. The summed E-state index contributed by atoms with van der Waals surface area (Å²) in [4.78, 5) is 17.1. The van der Waals surface area contributed by atoms with Crippen molar-refractivity contribution in [3.63, 3.8) is 0 Å². The Bertz CT molecular complexity index is 1050. The number of carbonyl (C=O) groups excluding carboxylic acids is 1. The summed E-state index contributed by atoms with van der Waals surface area (Å²) in [6, 6.07) is 16.9.